The van der Waals surface area contributed by atoms with Crippen molar-refractivity contribution in [2.75, 3.05) is 5.32 Å². The van der Waals surface area contributed by atoms with Gasteiger partial charge in [-0.1, -0.05) is 23.2 Å². The van der Waals surface area contributed by atoms with E-state index >= 15 is 0 Å². The Morgan fingerprint density at radius 2 is 1.82 bits per heavy atom. The highest BCUT2D eigenvalue weighted by Gasteiger charge is 2.16. The highest BCUT2D eigenvalue weighted by molar-refractivity contribution is 6.31. The SMILES string of the molecule is Cc1cc(O[C@@H](C)C(=O)Nc2ccc(Cl)cc2C)ccc1Cl. The van der Waals surface area contributed by atoms with Gasteiger partial charge in [0, 0.05) is 15.7 Å². The minimum Gasteiger partial charge on any atom is -0.481 e. The van der Waals surface area contributed by atoms with E-state index in [0.717, 1.165) is 16.8 Å². The summed E-state index contributed by atoms with van der Waals surface area (Å²) in [6, 6.07) is 10.6. The fraction of sp³-hybridized carbons (Fsp3) is 0.235. The van der Waals surface area contributed by atoms with Gasteiger partial charge in [0.2, 0.25) is 0 Å². The maximum absolute atomic E-state index is 12.2. The number of amides is 1. The van der Waals surface area contributed by atoms with E-state index in [1.807, 2.05) is 13.8 Å². The number of benzene rings is 2. The van der Waals surface area contributed by atoms with Gasteiger partial charge in [-0.3, -0.25) is 4.79 Å². The monoisotopic (exact) mass is 337 g/mol. The number of carbonyl (C=O) groups excluding carboxylic acids is 1. The standard InChI is InChI=1S/C17H17Cl2NO2/c1-10-9-14(5-6-15(10)19)22-12(3)17(21)20-16-7-4-13(18)8-11(16)2/h4-9,12H,1-3H3,(H,20,21)/t12-/m0/s1. The van der Waals surface area contributed by atoms with Crippen LogP contribution in [0.25, 0.3) is 0 Å². The molecule has 2 aromatic rings. The number of rotatable bonds is 4. The second kappa shape index (κ2) is 7.03. The molecule has 22 heavy (non-hydrogen) atoms. The maximum atomic E-state index is 12.2. The number of anilines is 1. The minimum absolute atomic E-state index is 0.224. The van der Waals surface area contributed by atoms with Gasteiger partial charge < -0.3 is 10.1 Å². The third-order valence-electron chi connectivity index (χ3n) is 3.26. The fourth-order valence-electron chi connectivity index (χ4n) is 1.95. The van der Waals surface area contributed by atoms with Crippen molar-refractivity contribution >= 4 is 34.8 Å². The molecule has 1 N–H and O–H groups in total. The Morgan fingerprint density at radius 3 is 2.45 bits per heavy atom. The van der Waals surface area contributed by atoms with Crippen molar-refractivity contribution < 1.29 is 9.53 Å². The Bertz CT molecular complexity index is 701. The minimum atomic E-state index is -0.629. The molecule has 0 saturated heterocycles. The Morgan fingerprint density at radius 1 is 1.09 bits per heavy atom. The number of nitrogens with one attached hydrogen (secondary N) is 1. The van der Waals surface area contributed by atoms with Crippen molar-refractivity contribution in [1.29, 1.82) is 0 Å². The number of ether oxygens (including phenoxy) is 1. The van der Waals surface area contributed by atoms with Crippen LogP contribution in [0.1, 0.15) is 18.1 Å². The molecule has 2 aromatic carbocycles. The number of aryl methyl sites for hydroxylation is 2. The second-order valence-electron chi connectivity index (χ2n) is 5.12. The van der Waals surface area contributed by atoms with E-state index in [9.17, 15) is 4.79 Å². The number of hydrogen-bond donors (Lipinski definition) is 1. The number of carbonyl (C=O) groups is 1. The smallest absolute Gasteiger partial charge is 0.265 e. The van der Waals surface area contributed by atoms with Gasteiger partial charge in [-0.05, 0) is 68.3 Å². The van der Waals surface area contributed by atoms with Gasteiger partial charge in [0.1, 0.15) is 5.75 Å². The zero-order valence-electron chi connectivity index (χ0n) is 12.6. The highest BCUT2D eigenvalue weighted by atomic mass is 35.5. The molecule has 0 saturated carbocycles. The molecule has 0 fully saturated rings. The summed E-state index contributed by atoms with van der Waals surface area (Å²) in [7, 11) is 0. The first-order valence-electron chi connectivity index (χ1n) is 6.86. The van der Waals surface area contributed by atoms with E-state index in [1.54, 1.807) is 43.3 Å². The van der Waals surface area contributed by atoms with E-state index in [0.29, 0.717) is 15.8 Å². The molecule has 0 bridgehead atoms. The lowest BCUT2D eigenvalue weighted by atomic mass is 10.2. The van der Waals surface area contributed by atoms with Crippen molar-refractivity contribution in [1.82, 2.24) is 0 Å². The van der Waals surface area contributed by atoms with Crippen molar-refractivity contribution in [3.63, 3.8) is 0 Å². The van der Waals surface area contributed by atoms with Crippen LogP contribution in [0.3, 0.4) is 0 Å². The number of halogens is 2. The third-order valence-corrected chi connectivity index (χ3v) is 3.92. The van der Waals surface area contributed by atoms with Crippen LogP contribution in [0.4, 0.5) is 5.69 Å². The van der Waals surface area contributed by atoms with Crippen molar-refractivity contribution in [2.45, 2.75) is 26.9 Å². The van der Waals surface area contributed by atoms with Crippen molar-refractivity contribution in [2.24, 2.45) is 0 Å². The van der Waals surface area contributed by atoms with Crippen molar-refractivity contribution in [3.8, 4) is 5.75 Å². The molecule has 116 valence electrons. The highest BCUT2D eigenvalue weighted by Crippen LogP contribution is 2.23. The molecular formula is C17H17Cl2NO2. The summed E-state index contributed by atoms with van der Waals surface area (Å²) < 4.78 is 5.65. The van der Waals surface area contributed by atoms with Crippen LogP contribution in [0.15, 0.2) is 36.4 Å². The summed E-state index contributed by atoms with van der Waals surface area (Å²) in [6.45, 7) is 5.47. The molecule has 2 rings (SSSR count). The molecular weight excluding hydrogens is 321 g/mol. The summed E-state index contributed by atoms with van der Waals surface area (Å²) >= 11 is 11.9. The average molecular weight is 338 g/mol. The van der Waals surface area contributed by atoms with Gasteiger partial charge in [0.05, 0.1) is 0 Å². The first kappa shape index (κ1) is 16.7. The van der Waals surface area contributed by atoms with Crippen LogP contribution in [-0.4, -0.2) is 12.0 Å². The van der Waals surface area contributed by atoms with Gasteiger partial charge in [-0.15, -0.1) is 0 Å². The van der Waals surface area contributed by atoms with Gasteiger partial charge in [0.25, 0.3) is 5.91 Å². The van der Waals surface area contributed by atoms with Crippen LogP contribution >= 0.6 is 23.2 Å². The first-order chi connectivity index (χ1) is 10.4. The molecule has 0 aliphatic heterocycles. The van der Waals surface area contributed by atoms with Gasteiger partial charge >= 0.3 is 0 Å². The second-order valence-corrected chi connectivity index (χ2v) is 5.96. The molecule has 0 spiro atoms. The molecule has 0 aliphatic rings. The maximum Gasteiger partial charge on any atom is 0.265 e. The molecule has 1 atom stereocenters. The Balaban J connectivity index is 2.04. The molecule has 0 aliphatic carbocycles. The summed E-state index contributed by atoms with van der Waals surface area (Å²) in [5.41, 5.74) is 2.52. The normalized spacial score (nSPS) is 11.9. The predicted octanol–water partition coefficient (Wildman–Crippen LogP) is 5.02. The zero-order valence-corrected chi connectivity index (χ0v) is 14.1. The zero-order chi connectivity index (χ0) is 16.3. The van der Waals surface area contributed by atoms with Crippen LogP contribution in [0.2, 0.25) is 10.0 Å². The van der Waals surface area contributed by atoms with Crippen LogP contribution in [0, 0.1) is 13.8 Å². The third kappa shape index (κ3) is 4.15. The lowest BCUT2D eigenvalue weighted by Gasteiger charge is -2.16. The molecule has 0 heterocycles. The summed E-state index contributed by atoms with van der Waals surface area (Å²) in [5.74, 6) is 0.385. The summed E-state index contributed by atoms with van der Waals surface area (Å²) in [6.07, 6.45) is -0.629. The van der Waals surface area contributed by atoms with E-state index in [2.05, 4.69) is 5.32 Å². The van der Waals surface area contributed by atoms with E-state index < -0.39 is 6.10 Å². The Labute approximate surface area is 140 Å². The molecule has 1 amide bonds. The van der Waals surface area contributed by atoms with Gasteiger partial charge in [-0.25, -0.2) is 0 Å². The average Bonchev–Trinajstić information content (AvgIpc) is 2.45. The Kier molecular flexibility index (Phi) is 5.33. The van der Waals surface area contributed by atoms with Crippen molar-refractivity contribution in [3.05, 3.63) is 57.6 Å². The van der Waals surface area contributed by atoms with Crippen LogP contribution in [-0.2, 0) is 4.79 Å². The van der Waals surface area contributed by atoms with E-state index in [1.165, 1.54) is 0 Å². The lowest BCUT2D eigenvalue weighted by molar-refractivity contribution is -0.122. The number of hydrogen-bond acceptors (Lipinski definition) is 2. The lowest BCUT2D eigenvalue weighted by Crippen LogP contribution is -2.30. The molecule has 0 radical (unpaired) electrons. The molecule has 0 aromatic heterocycles. The largest absolute Gasteiger partial charge is 0.481 e. The molecule has 5 heteroatoms. The van der Waals surface area contributed by atoms with Crippen LogP contribution in [0.5, 0.6) is 5.75 Å². The van der Waals surface area contributed by atoms with Gasteiger partial charge in [-0.2, -0.15) is 0 Å². The Hall–Kier alpha value is -1.71. The topological polar surface area (TPSA) is 38.3 Å². The summed E-state index contributed by atoms with van der Waals surface area (Å²) in [5, 5.41) is 4.14. The first-order valence-corrected chi connectivity index (χ1v) is 7.62. The van der Waals surface area contributed by atoms with E-state index in [-0.39, 0.29) is 5.91 Å². The quantitative estimate of drug-likeness (QED) is 0.850. The van der Waals surface area contributed by atoms with E-state index in [4.69, 9.17) is 27.9 Å². The predicted molar refractivity (Wildman–Crippen MR) is 91.1 cm³/mol. The fourth-order valence-corrected chi connectivity index (χ4v) is 2.29. The molecule has 0 unspecified atom stereocenters. The van der Waals surface area contributed by atoms with Crippen LogP contribution < -0.4 is 10.1 Å². The summed E-state index contributed by atoms with van der Waals surface area (Å²) in [4.78, 5) is 12.2. The van der Waals surface area contributed by atoms with Gasteiger partial charge in [0.15, 0.2) is 6.10 Å². The molecule has 3 nitrogen and oxygen atoms in total.